The normalized spacial score (nSPS) is 24.6. The van der Waals surface area contributed by atoms with Crippen molar-refractivity contribution in [1.29, 1.82) is 0 Å². The van der Waals surface area contributed by atoms with Gasteiger partial charge in [0.1, 0.15) is 11.4 Å². The Hall–Kier alpha value is -1.12. The van der Waals surface area contributed by atoms with Crippen LogP contribution in [0.25, 0.3) is 0 Å². The molecular formula is C18H22BrFN2O3S. The first-order valence-electron chi connectivity index (χ1n) is 8.33. The molecule has 1 aromatic rings. The Morgan fingerprint density at radius 3 is 2.69 bits per heavy atom. The number of rotatable bonds is 1. The van der Waals surface area contributed by atoms with Crippen LogP contribution in [0.15, 0.2) is 27.7 Å². The molecule has 2 aliphatic heterocycles. The molecule has 5 nitrogen and oxygen atoms in total. The Kier molecular flexibility index (Phi) is 5.13. The second kappa shape index (κ2) is 6.80. The number of alkyl carbamates (subject to hydrolysis) is 1. The quantitative estimate of drug-likeness (QED) is 0.687. The predicted octanol–water partition coefficient (Wildman–Crippen LogP) is 4.59. The fraction of sp³-hybridized carbons (Fsp3) is 0.556. The summed E-state index contributed by atoms with van der Waals surface area (Å²) in [5.74, 6) is -0.321. The highest BCUT2D eigenvalue weighted by Gasteiger charge is 2.51. The van der Waals surface area contributed by atoms with E-state index < -0.39 is 17.2 Å². The van der Waals surface area contributed by atoms with Gasteiger partial charge >= 0.3 is 6.09 Å². The van der Waals surface area contributed by atoms with Crippen LogP contribution in [0.4, 0.5) is 9.18 Å². The Bertz CT molecular complexity index is 761. The van der Waals surface area contributed by atoms with Crippen molar-refractivity contribution in [2.45, 2.75) is 50.0 Å². The third-order valence-corrected chi connectivity index (χ3v) is 5.87. The molecule has 8 heteroatoms. The molecule has 3 rings (SSSR count). The van der Waals surface area contributed by atoms with E-state index in [1.807, 2.05) is 6.92 Å². The van der Waals surface area contributed by atoms with Crippen molar-refractivity contribution in [1.82, 2.24) is 5.32 Å². The van der Waals surface area contributed by atoms with Crippen LogP contribution in [0.5, 0.6) is 0 Å². The standard InChI is InChI=1S/C18H22BrFN2O3S/c1-16(2,3)25-15(23)21-14-22-17(4,8-18(26-14)9-24-10-18)12-7-11(19)5-6-13(12)20/h5-7H,8-10H2,1-4H3,(H,21,22,23)/t17-/m0/s1. The highest BCUT2D eigenvalue weighted by molar-refractivity contribution is 9.10. The maximum Gasteiger partial charge on any atom is 0.413 e. The van der Waals surface area contributed by atoms with Crippen LogP contribution in [0.2, 0.25) is 0 Å². The van der Waals surface area contributed by atoms with Gasteiger partial charge in [-0.25, -0.2) is 9.18 Å². The lowest BCUT2D eigenvalue weighted by molar-refractivity contribution is -0.0212. The summed E-state index contributed by atoms with van der Waals surface area (Å²) in [5.41, 5.74) is -0.935. The van der Waals surface area contributed by atoms with E-state index in [1.165, 1.54) is 17.8 Å². The van der Waals surface area contributed by atoms with E-state index in [4.69, 9.17) is 9.47 Å². The number of ether oxygens (including phenoxy) is 2. The van der Waals surface area contributed by atoms with Crippen LogP contribution < -0.4 is 5.32 Å². The molecule has 1 fully saturated rings. The second-order valence-electron chi connectivity index (χ2n) is 7.90. The summed E-state index contributed by atoms with van der Waals surface area (Å²) >= 11 is 4.86. The Balaban J connectivity index is 1.93. The average Bonchev–Trinajstić information content (AvgIpc) is 2.45. The molecule has 0 bridgehead atoms. The lowest BCUT2D eigenvalue weighted by atomic mass is 9.81. The van der Waals surface area contributed by atoms with Crippen molar-refractivity contribution in [3.63, 3.8) is 0 Å². The van der Waals surface area contributed by atoms with Gasteiger partial charge in [-0.3, -0.25) is 10.3 Å². The van der Waals surface area contributed by atoms with Crippen molar-refractivity contribution >= 4 is 39.0 Å². The van der Waals surface area contributed by atoms with Gasteiger partial charge in [0.25, 0.3) is 0 Å². The fourth-order valence-electron chi connectivity index (χ4n) is 3.16. The van der Waals surface area contributed by atoms with Gasteiger partial charge in [0.15, 0.2) is 5.17 Å². The van der Waals surface area contributed by atoms with Gasteiger partial charge in [0, 0.05) is 10.0 Å². The van der Waals surface area contributed by atoms with Crippen molar-refractivity contribution < 1.29 is 18.7 Å². The third kappa shape index (κ3) is 4.23. The summed E-state index contributed by atoms with van der Waals surface area (Å²) < 4.78 is 25.8. The van der Waals surface area contributed by atoms with Crippen LogP contribution in [-0.2, 0) is 15.0 Å². The summed E-state index contributed by atoms with van der Waals surface area (Å²) in [6.45, 7) is 8.35. The van der Waals surface area contributed by atoms with Gasteiger partial charge in [0.05, 0.1) is 23.5 Å². The molecule has 0 aliphatic carbocycles. The van der Waals surface area contributed by atoms with Crippen LogP contribution >= 0.6 is 27.7 Å². The van der Waals surface area contributed by atoms with Crippen molar-refractivity contribution in [3.05, 3.63) is 34.1 Å². The highest BCUT2D eigenvalue weighted by Crippen LogP contribution is 2.49. The molecule has 2 aliphatic rings. The van der Waals surface area contributed by atoms with Gasteiger partial charge in [-0.05, 0) is 52.3 Å². The number of thioether (sulfide) groups is 1. The van der Waals surface area contributed by atoms with Crippen LogP contribution in [-0.4, -0.2) is 34.8 Å². The molecule has 142 valence electrons. The molecule has 0 radical (unpaired) electrons. The summed E-state index contributed by atoms with van der Waals surface area (Å²) in [5, 5.41) is 3.15. The van der Waals surface area contributed by atoms with E-state index in [-0.39, 0.29) is 10.6 Å². The van der Waals surface area contributed by atoms with E-state index in [9.17, 15) is 9.18 Å². The minimum atomic E-state index is -0.812. The molecule has 26 heavy (non-hydrogen) atoms. The number of carbonyl (C=O) groups excluding carboxylic acids is 1. The average molecular weight is 445 g/mol. The summed E-state index contributed by atoms with van der Waals surface area (Å²) in [6.07, 6.45) is 0.0514. The van der Waals surface area contributed by atoms with Crippen LogP contribution in [0.1, 0.15) is 39.7 Å². The number of halogens is 2. The molecule has 0 unspecified atom stereocenters. The van der Waals surface area contributed by atoms with Crippen molar-refractivity contribution in [2.24, 2.45) is 4.99 Å². The smallest absolute Gasteiger partial charge is 0.413 e. The molecular weight excluding hydrogens is 423 g/mol. The molecule has 1 saturated heterocycles. The first kappa shape index (κ1) is 19.6. The van der Waals surface area contributed by atoms with Gasteiger partial charge in [-0.1, -0.05) is 27.7 Å². The number of nitrogens with one attached hydrogen (secondary N) is 1. The Morgan fingerprint density at radius 1 is 1.42 bits per heavy atom. The monoisotopic (exact) mass is 444 g/mol. The molecule has 1 amide bonds. The zero-order chi connectivity index (χ0) is 19.2. The number of hydrogen-bond donors (Lipinski definition) is 1. The maximum absolute atomic E-state index is 14.5. The molecule has 1 spiro atoms. The number of nitrogens with zero attached hydrogens (tertiary/aromatic N) is 1. The molecule has 2 heterocycles. The third-order valence-electron chi connectivity index (χ3n) is 4.17. The zero-order valence-corrected chi connectivity index (χ0v) is 17.6. The Morgan fingerprint density at radius 2 is 2.12 bits per heavy atom. The van der Waals surface area contributed by atoms with Crippen molar-refractivity contribution in [3.8, 4) is 0 Å². The highest BCUT2D eigenvalue weighted by atomic mass is 79.9. The minimum absolute atomic E-state index is 0.227. The summed E-state index contributed by atoms with van der Waals surface area (Å²) in [4.78, 5) is 16.9. The van der Waals surface area contributed by atoms with E-state index in [2.05, 4.69) is 26.2 Å². The number of carbonyl (C=O) groups is 1. The summed E-state index contributed by atoms with van der Waals surface area (Å²) in [7, 11) is 0. The van der Waals surface area contributed by atoms with E-state index in [1.54, 1.807) is 32.9 Å². The number of aliphatic imine (C=N–C) groups is 1. The van der Waals surface area contributed by atoms with E-state index in [0.29, 0.717) is 30.4 Å². The largest absolute Gasteiger partial charge is 0.444 e. The Labute approximate surface area is 165 Å². The summed E-state index contributed by atoms with van der Waals surface area (Å²) in [6, 6.07) is 4.82. The number of amidine groups is 1. The first-order chi connectivity index (χ1) is 12.0. The van der Waals surface area contributed by atoms with Crippen molar-refractivity contribution in [2.75, 3.05) is 13.2 Å². The minimum Gasteiger partial charge on any atom is -0.444 e. The molecule has 1 N–H and O–H groups in total. The number of amides is 1. The molecule has 0 saturated carbocycles. The van der Waals surface area contributed by atoms with Gasteiger partial charge < -0.3 is 9.47 Å². The van der Waals surface area contributed by atoms with Crippen LogP contribution in [0, 0.1) is 5.82 Å². The lowest BCUT2D eigenvalue weighted by Gasteiger charge is -2.48. The zero-order valence-electron chi connectivity index (χ0n) is 15.2. The van der Waals surface area contributed by atoms with Gasteiger partial charge in [-0.2, -0.15) is 0 Å². The molecule has 1 aromatic carbocycles. The molecule has 0 aromatic heterocycles. The van der Waals surface area contributed by atoms with E-state index >= 15 is 0 Å². The SMILES string of the molecule is CC(C)(C)OC(=O)NC1=N[C@](C)(c2cc(Br)ccc2F)CC2(COC2)S1. The maximum atomic E-state index is 14.5. The van der Waals surface area contributed by atoms with Gasteiger partial charge in [0.2, 0.25) is 0 Å². The second-order valence-corrected chi connectivity index (χ2v) is 10.3. The lowest BCUT2D eigenvalue weighted by Crippen LogP contribution is -2.55. The first-order valence-corrected chi connectivity index (χ1v) is 9.93. The molecule has 1 atom stereocenters. The topological polar surface area (TPSA) is 59.9 Å². The number of benzene rings is 1. The van der Waals surface area contributed by atoms with Crippen LogP contribution in [0.3, 0.4) is 0 Å². The fourth-order valence-corrected chi connectivity index (χ4v) is 4.95. The van der Waals surface area contributed by atoms with E-state index in [0.717, 1.165) is 4.47 Å². The predicted molar refractivity (Wildman–Crippen MR) is 104 cm³/mol. The number of hydrogen-bond acceptors (Lipinski definition) is 5. The van der Waals surface area contributed by atoms with Gasteiger partial charge in [-0.15, -0.1) is 0 Å².